The Balaban J connectivity index is 1.45. The van der Waals surface area contributed by atoms with Gasteiger partial charge in [0, 0.05) is 11.8 Å². The summed E-state index contributed by atoms with van der Waals surface area (Å²) in [6.07, 6.45) is -0.394. The lowest BCUT2D eigenvalue weighted by Crippen LogP contribution is -2.53. The predicted octanol–water partition coefficient (Wildman–Crippen LogP) is 10.7. The molecule has 2 aliphatic heterocycles. The van der Waals surface area contributed by atoms with Gasteiger partial charge in [-0.15, -0.1) is 0 Å². The van der Waals surface area contributed by atoms with Gasteiger partial charge in [-0.05, 0) is 84.6 Å². The molecular formula is C49H50NO8PSi. The zero-order valence-corrected chi connectivity index (χ0v) is 36.8. The predicted molar refractivity (Wildman–Crippen MR) is 232 cm³/mol. The van der Waals surface area contributed by atoms with Crippen molar-refractivity contribution in [1.29, 1.82) is 0 Å². The lowest BCUT2D eigenvalue weighted by molar-refractivity contribution is -0.373. The molecule has 2 fully saturated rings. The Bertz CT molecular complexity index is 2250. The van der Waals surface area contributed by atoms with Gasteiger partial charge < -0.3 is 23.5 Å². The first-order valence-corrected chi connectivity index (χ1v) is 24.2. The average molecular weight is 840 g/mol. The van der Waals surface area contributed by atoms with Crippen LogP contribution in [0.3, 0.4) is 0 Å². The van der Waals surface area contributed by atoms with Crippen molar-refractivity contribution >= 4 is 16.3 Å². The van der Waals surface area contributed by atoms with Crippen LogP contribution in [0.5, 0.6) is 11.5 Å². The molecule has 0 spiro atoms. The van der Waals surface area contributed by atoms with E-state index in [-0.39, 0.29) is 10.8 Å². The van der Waals surface area contributed by atoms with Crippen LogP contribution in [0.25, 0.3) is 11.3 Å². The number of aromatic nitrogens is 1. The first kappa shape index (κ1) is 41.7. The Kier molecular flexibility index (Phi) is 11.0. The third-order valence-corrected chi connectivity index (χ3v) is 16.9. The highest BCUT2D eigenvalue weighted by Crippen LogP contribution is 2.61. The van der Waals surface area contributed by atoms with E-state index in [2.05, 4.69) is 38.8 Å². The van der Waals surface area contributed by atoms with Crippen LogP contribution in [0, 0.1) is 0 Å². The van der Waals surface area contributed by atoms with Gasteiger partial charge in [-0.3, -0.25) is 14.5 Å². The van der Waals surface area contributed by atoms with Crippen molar-refractivity contribution in [3.8, 4) is 22.8 Å². The molecule has 0 amide bonds. The smallest absolute Gasteiger partial charge is 0.542 e. The van der Waals surface area contributed by atoms with Gasteiger partial charge in [0.15, 0.2) is 17.0 Å². The fraction of sp³-hybridized carbons (Fsp3) is 0.286. The van der Waals surface area contributed by atoms with Crippen LogP contribution in [0.1, 0.15) is 56.9 Å². The molecule has 2 aliphatic rings. The summed E-state index contributed by atoms with van der Waals surface area (Å²) in [5.41, 5.74) is -2.92. The molecule has 3 atom stereocenters. The first-order chi connectivity index (χ1) is 28.6. The highest BCUT2D eigenvalue weighted by molar-refractivity contribution is 7.37. The Labute approximate surface area is 354 Å². The molecule has 1 aromatic heterocycles. The van der Waals surface area contributed by atoms with E-state index < -0.39 is 51.3 Å². The molecule has 3 heterocycles. The molecule has 8 rings (SSSR count). The number of benzene rings is 5. The number of hydrogen-bond donors (Lipinski definition) is 0. The van der Waals surface area contributed by atoms with E-state index in [4.69, 9.17) is 28.1 Å². The lowest BCUT2D eigenvalue weighted by atomic mass is 9.72. The Morgan fingerprint density at radius 3 is 1.47 bits per heavy atom. The minimum atomic E-state index is -3.81. The molecule has 5 aromatic carbocycles. The van der Waals surface area contributed by atoms with Crippen molar-refractivity contribution in [3.63, 3.8) is 0 Å². The maximum atomic E-state index is 14.7. The van der Waals surface area contributed by atoms with Crippen LogP contribution in [0.15, 0.2) is 164 Å². The molecule has 1 unspecified atom stereocenters. The highest BCUT2D eigenvalue weighted by atomic mass is 31.1. The summed E-state index contributed by atoms with van der Waals surface area (Å²) >= 11 is 0. The monoisotopic (exact) mass is 839 g/mol. The molecule has 60 heavy (non-hydrogen) atoms. The summed E-state index contributed by atoms with van der Waals surface area (Å²) in [6, 6.07) is 48.6. The molecule has 0 saturated carbocycles. The van der Waals surface area contributed by atoms with Gasteiger partial charge in [0.25, 0.3) is 0 Å². The summed E-state index contributed by atoms with van der Waals surface area (Å²) < 4.78 is 57.4. The fourth-order valence-electron chi connectivity index (χ4n) is 7.99. The fourth-order valence-corrected chi connectivity index (χ4v) is 9.62. The summed E-state index contributed by atoms with van der Waals surface area (Å²) in [7, 11) is -6.13. The summed E-state index contributed by atoms with van der Waals surface area (Å²) in [4.78, 5) is 19.4. The maximum Gasteiger partial charge on any atom is 0.542 e. The quantitative estimate of drug-likeness (QED) is 0.0984. The highest BCUT2D eigenvalue weighted by Gasteiger charge is 2.74. The number of fused-ring (bicyclic) bond motifs is 1. The van der Waals surface area contributed by atoms with Gasteiger partial charge in [0.2, 0.25) is 8.32 Å². The van der Waals surface area contributed by atoms with E-state index in [9.17, 15) is 9.46 Å². The number of ether oxygens (including phenoxy) is 5. The molecule has 9 nitrogen and oxygen atoms in total. The van der Waals surface area contributed by atoms with Crippen molar-refractivity contribution in [3.05, 3.63) is 186 Å². The van der Waals surface area contributed by atoms with E-state index in [0.717, 1.165) is 0 Å². The van der Waals surface area contributed by atoms with Crippen LogP contribution < -0.4 is 14.1 Å². The van der Waals surface area contributed by atoms with Gasteiger partial charge in [-0.2, -0.15) is 0 Å². The second-order valence-corrected chi connectivity index (χ2v) is 23.0. The van der Waals surface area contributed by atoms with Crippen molar-refractivity contribution < 1.29 is 37.6 Å². The zero-order chi connectivity index (χ0) is 42.4. The van der Waals surface area contributed by atoms with Crippen molar-refractivity contribution in [2.24, 2.45) is 0 Å². The standard InChI is InChI=1S/C49H50NO8PSi/c1-45(2,3)60(6,7)56-39-31-32-42(40(34-39)41-30-20-21-33-50-41)53-49(59(51)52)57-47(35-22-12-8-13-23-35,36-24-14-9-15-25-36)43-44(55-46(4,5)54-43)48(58-49,37-26-16-10-17-27-37)38-28-18-11-19-29-38/h8-34,43-44H,1-7H3/t43-,44-/m1/s1. The second-order valence-electron chi connectivity index (χ2n) is 17.2. The molecule has 0 bridgehead atoms. The molecule has 6 aromatic rings. The number of nitrogens with zero attached hydrogens (tertiary/aromatic N) is 1. The van der Waals surface area contributed by atoms with Gasteiger partial charge in [-0.1, -0.05) is 153 Å². The summed E-state index contributed by atoms with van der Waals surface area (Å²) in [5.74, 6) is -0.449. The van der Waals surface area contributed by atoms with E-state index in [1.807, 2.05) is 159 Å². The minimum absolute atomic E-state index is 0.0897. The molecule has 0 aliphatic carbocycles. The molecule has 2 saturated heterocycles. The third-order valence-electron chi connectivity index (χ3n) is 11.8. The first-order valence-electron chi connectivity index (χ1n) is 20.2. The topological polar surface area (TPSA) is 108 Å². The Hall–Kier alpha value is -5.03. The third kappa shape index (κ3) is 7.41. The average Bonchev–Trinajstić information content (AvgIpc) is 3.53. The zero-order valence-electron chi connectivity index (χ0n) is 34.9. The van der Waals surface area contributed by atoms with E-state index >= 15 is 0 Å². The van der Waals surface area contributed by atoms with Crippen LogP contribution in [0.2, 0.25) is 18.1 Å². The summed E-state index contributed by atoms with van der Waals surface area (Å²) in [5, 5.41) is -0.0897. The summed E-state index contributed by atoms with van der Waals surface area (Å²) in [6.45, 7) is 14.5. The second kappa shape index (κ2) is 15.8. The van der Waals surface area contributed by atoms with Crippen LogP contribution >= 0.6 is 8.03 Å². The van der Waals surface area contributed by atoms with E-state index in [1.165, 1.54) is 0 Å². The molecule has 308 valence electrons. The SMILES string of the molecule is CC1(C)O[C@@H]2[C@@H](O1)C(c1ccccc1)(c1ccccc1)OC(Oc1ccc(O[Si](C)(C)C(C)(C)C)cc1-c1ccccn1)([P+](=O)[O-])OC2(c1ccccc1)c1ccccc1. The van der Waals surface area contributed by atoms with Crippen LogP contribution in [0.4, 0.5) is 0 Å². The Morgan fingerprint density at radius 2 is 1.08 bits per heavy atom. The van der Waals surface area contributed by atoms with Gasteiger partial charge in [0.05, 0.1) is 5.69 Å². The van der Waals surface area contributed by atoms with Crippen molar-refractivity contribution in [2.45, 2.75) is 87.7 Å². The van der Waals surface area contributed by atoms with Crippen molar-refractivity contribution in [1.82, 2.24) is 4.98 Å². The van der Waals surface area contributed by atoms with E-state index in [0.29, 0.717) is 39.3 Å². The lowest BCUT2D eigenvalue weighted by Gasteiger charge is -2.41. The van der Waals surface area contributed by atoms with E-state index in [1.54, 1.807) is 18.3 Å². The van der Waals surface area contributed by atoms with Crippen molar-refractivity contribution in [2.75, 3.05) is 0 Å². The van der Waals surface area contributed by atoms with Gasteiger partial charge in [0.1, 0.15) is 23.7 Å². The molecular weight excluding hydrogens is 790 g/mol. The number of pyridine rings is 1. The number of rotatable bonds is 10. The van der Waals surface area contributed by atoms with Crippen LogP contribution in [-0.2, 0) is 34.7 Å². The molecule has 11 heteroatoms. The molecule has 0 radical (unpaired) electrons. The van der Waals surface area contributed by atoms with Gasteiger partial charge in [-0.25, -0.2) is 0 Å². The maximum absolute atomic E-state index is 14.7. The minimum Gasteiger partial charge on any atom is -0.588 e. The normalized spacial score (nSPS) is 20.6. The molecule has 0 N–H and O–H groups in total. The Morgan fingerprint density at radius 1 is 0.650 bits per heavy atom. The number of hydrogen-bond acceptors (Lipinski definition) is 9. The van der Waals surface area contributed by atoms with Crippen LogP contribution in [-0.4, -0.2) is 37.0 Å². The van der Waals surface area contributed by atoms with Gasteiger partial charge >= 0.3 is 13.7 Å². The largest absolute Gasteiger partial charge is 0.588 e.